The summed E-state index contributed by atoms with van der Waals surface area (Å²) >= 11 is 0. The molecule has 1 aromatic heterocycles. The number of nitro groups is 1. The highest BCUT2D eigenvalue weighted by Gasteiger charge is 2.15. The van der Waals surface area contributed by atoms with Crippen molar-refractivity contribution in [2.24, 2.45) is 0 Å². The fourth-order valence-electron chi connectivity index (χ4n) is 2.45. The minimum Gasteiger partial charge on any atom is -0.493 e. The van der Waals surface area contributed by atoms with Gasteiger partial charge in [0.2, 0.25) is 0 Å². The van der Waals surface area contributed by atoms with Crippen molar-refractivity contribution < 1.29 is 28.6 Å². The van der Waals surface area contributed by atoms with Gasteiger partial charge in [-0.3, -0.25) is 15.1 Å². The van der Waals surface area contributed by atoms with Crippen LogP contribution in [0.4, 0.5) is 10.1 Å². The lowest BCUT2D eigenvalue weighted by molar-refractivity contribution is -0.385. The molecule has 0 fully saturated rings. The number of pyridine rings is 1. The normalized spacial score (nSPS) is 10.6. The molecule has 0 atom stereocenters. The summed E-state index contributed by atoms with van der Waals surface area (Å²) in [5, 5.41) is 20.2. The first-order chi connectivity index (χ1) is 13.0. The van der Waals surface area contributed by atoms with Crippen molar-refractivity contribution in [1.82, 2.24) is 4.98 Å². The molecular weight excluding hydrogens is 359 g/mol. The van der Waals surface area contributed by atoms with Crippen LogP contribution in [0, 0.1) is 15.9 Å². The Balaban J connectivity index is 2.01. The minimum absolute atomic E-state index is 0.0893. The van der Waals surface area contributed by atoms with Gasteiger partial charge in [0, 0.05) is 23.7 Å². The molecule has 0 saturated carbocycles. The van der Waals surface area contributed by atoms with Crippen molar-refractivity contribution >= 4 is 16.6 Å². The SMILES string of the molecule is COc1cc2c(Oc3ccc([N+](=O)[O-])cc3F)ccnc2cc1OCCO. The number of nitrogens with zero attached hydrogens (tertiary/aromatic N) is 2. The molecule has 0 saturated heterocycles. The van der Waals surface area contributed by atoms with E-state index in [9.17, 15) is 14.5 Å². The molecule has 3 aromatic rings. The van der Waals surface area contributed by atoms with E-state index in [2.05, 4.69) is 4.98 Å². The Morgan fingerprint density at radius 2 is 1.96 bits per heavy atom. The maximum atomic E-state index is 14.1. The van der Waals surface area contributed by atoms with Gasteiger partial charge in [-0.1, -0.05) is 0 Å². The molecule has 0 bridgehead atoms. The summed E-state index contributed by atoms with van der Waals surface area (Å²) in [5.41, 5.74) is 0.135. The third-order valence-corrected chi connectivity index (χ3v) is 3.68. The summed E-state index contributed by atoms with van der Waals surface area (Å²) in [5.74, 6) is 0.0552. The van der Waals surface area contributed by atoms with Crippen LogP contribution in [-0.4, -0.2) is 35.3 Å². The molecule has 0 unspecified atom stereocenters. The quantitative estimate of drug-likeness (QED) is 0.499. The number of ether oxygens (including phenoxy) is 3. The standard InChI is InChI=1S/C18H15FN2O6/c1-25-17-9-12-14(10-18(17)26-7-6-22)20-5-4-15(12)27-16-3-2-11(21(23)24)8-13(16)19/h2-5,8-10,22H,6-7H2,1H3. The zero-order valence-electron chi connectivity index (χ0n) is 14.2. The lowest BCUT2D eigenvalue weighted by atomic mass is 10.1. The Hall–Kier alpha value is -3.46. The molecule has 0 amide bonds. The van der Waals surface area contributed by atoms with Crippen LogP contribution >= 0.6 is 0 Å². The molecule has 0 aliphatic rings. The summed E-state index contributed by atoms with van der Waals surface area (Å²) in [6, 6.07) is 7.91. The average molecular weight is 374 g/mol. The lowest BCUT2D eigenvalue weighted by Gasteiger charge is -2.13. The smallest absolute Gasteiger partial charge is 0.272 e. The number of hydrogen-bond donors (Lipinski definition) is 1. The van der Waals surface area contributed by atoms with Gasteiger partial charge in [0.15, 0.2) is 23.1 Å². The average Bonchev–Trinajstić information content (AvgIpc) is 2.67. The Morgan fingerprint density at radius 3 is 2.63 bits per heavy atom. The highest BCUT2D eigenvalue weighted by atomic mass is 19.1. The third kappa shape index (κ3) is 3.87. The molecule has 8 nitrogen and oxygen atoms in total. The molecule has 3 rings (SSSR count). The second-order valence-electron chi connectivity index (χ2n) is 5.38. The summed E-state index contributed by atoms with van der Waals surface area (Å²) in [7, 11) is 1.46. The number of non-ortho nitro benzene ring substituents is 1. The second kappa shape index (κ2) is 7.83. The van der Waals surface area contributed by atoms with Gasteiger partial charge in [-0.25, -0.2) is 4.39 Å². The largest absolute Gasteiger partial charge is 0.493 e. The number of aliphatic hydroxyl groups is 1. The molecule has 27 heavy (non-hydrogen) atoms. The van der Waals surface area contributed by atoms with Crippen LogP contribution in [0.3, 0.4) is 0 Å². The van der Waals surface area contributed by atoms with Crippen LogP contribution in [0.15, 0.2) is 42.6 Å². The predicted octanol–water partition coefficient (Wildman–Crippen LogP) is 3.45. The molecule has 1 heterocycles. The number of methoxy groups -OCH3 is 1. The van der Waals surface area contributed by atoms with E-state index in [-0.39, 0.29) is 24.7 Å². The Morgan fingerprint density at radius 1 is 1.15 bits per heavy atom. The van der Waals surface area contributed by atoms with Crippen molar-refractivity contribution in [3.8, 4) is 23.0 Å². The predicted molar refractivity (Wildman–Crippen MR) is 94.0 cm³/mol. The zero-order chi connectivity index (χ0) is 19.4. The van der Waals surface area contributed by atoms with Crippen molar-refractivity contribution in [3.05, 3.63) is 58.5 Å². The Kier molecular flexibility index (Phi) is 5.32. The van der Waals surface area contributed by atoms with Crippen molar-refractivity contribution in [2.75, 3.05) is 20.3 Å². The van der Waals surface area contributed by atoms with Crippen LogP contribution in [-0.2, 0) is 0 Å². The third-order valence-electron chi connectivity index (χ3n) is 3.68. The number of aliphatic hydroxyl groups excluding tert-OH is 1. The molecule has 140 valence electrons. The number of fused-ring (bicyclic) bond motifs is 1. The van der Waals surface area contributed by atoms with Gasteiger partial charge in [-0.05, 0) is 18.2 Å². The van der Waals surface area contributed by atoms with Gasteiger partial charge >= 0.3 is 0 Å². The van der Waals surface area contributed by atoms with E-state index < -0.39 is 10.7 Å². The van der Waals surface area contributed by atoms with Crippen molar-refractivity contribution in [3.63, 3.8) is 0 Å². The van der Waals surface area contributed by atoms with Gasteiger partial charge in [0.1, 0.15) is 12.4 Å². The summed E-state index contributed by atoms with van der Waals surface area (Å²) in [6.45, 7) is -0.0662. The summed E-state index contributed by atoms with van der Waals surface area (Å²) < 4.78 is 30.4. The van der Waals surface area contributed by atoms with E-state index in [0.717, 1.165) is 12.1 Å². The highest BCUT2D eigenvalue weighted by Crippen LogP contribution is 2.37. The molecule has 0 aliphatic carbocycles. The molecular formula is C18H15FN2O6. The molecule has 2 aromatic carbocycles. The maximum absolute atomic E-state index is 14.1. The number of benzene rings is 2. The highest BCUT2D eigenvalue weighted by molar-refractivity contribution is 5.88. The number of aromatic nitrogens is 1. The Labute approximate surface area is 152 Å². The minimum atomic E-state index is -0.857. The van der Waals surface area contributed by atoms with E-state index in [1.807, 2.05) is 0 Å². The van der Waals surface area contributed by atoms with Gasteiger partial charge in [0.25, 0.3) is 5.69 Å². The van der Waals surface area contributed by atoms with E-state index >= 15 is 0 Å². The van der Waals surface area contributed by atoms with Crippen LogP contribution in [0.1, 0.15) is 0 Å². The summed E-state index contributed by atoms with van der Waals surface area (Å²) in [6.07, 6.45) is 1.48. The van der Waals surface area contributed by atoms with Gasteiger partial charge in [-0.2, -0.15) is 0 Å². The second-order valence-corrected chi connectivity index (χ2v) is 5.38. The van der Waals surface area contributed by atoms with Gasteiger partial charge in [0.05, 0.1) is 30.2 Å². The maximum Gasteiger partial charge on any atom is 0.272 e. The van der Waals surface area contributed by atoms with Gasteiger partial charge < -0.3 is 19.3 Å². The fraction of sp³-hybridized carbons (Fsp3) is 0.167. The van der Waals surface area contributed by atoms with Crippen LogP contribution in [0.2, 0.25) is 0 Å². The first-order valence-electron chi connectivity index (χ1n) is 7.85. The number of nitro benzene ring substituents is 1. The number of halogens is 1. The first-order valence-corrected chi connectivity index (χ1v) is 7.85. The van der Waals surface area contributed by atoms with Crippen molar-refractivity contribution in [2.45, 2.75) is 0 Å². The first kappa shape index (κ1) is 18.3. The van der Waals surface area contributed by atoms with Crippen LogP contribution < -0.4 is 14.2 Å². The molecule has 0 radical (unpaired) electrons. The van der Waals surface area contributed by atoms with Gasteiger partial charge in [-0.15, -0.1) is 0 Å². The fourth-order valence-corrected chi connectivity index (χ4v) is 2.45. The molecule has 0 spiro atoms. The number of hydrogen-bond acceptors (Lipinski definition) is 7. The number of rotatable bonds is 7. The molecule has 1 N–H and O–H groups in total. The monoisotopic (exact) mass is 374 g/mol. The van der Waals surface area contributed by atoms with E-state index in [1.165, 1.54) is 25.4 Å². The van der Waals surface area contributed by atoms with Crippen LogP contribution in [0.5, 0.6) is 23.0 Å². The molecule has 9 heteroatoms. The summed E-state index contributed by atoms with van der Waals surface area (Å²) in [4.78, 5) is 14.3. The van der Waals surface area contributed by atoms with Crippen LogP contribution in [0.25, 0.3) is 10.9 Å². The lowest BCUT2D eigenvalue weighted by Crippen LogP contribution is -2.03. The Bertz CT molecular complexity index is 995. The van der Waals surface area contributed by atoms with E-state index in [4.69, 9.17) is 19.3 Å². The van der Waals surface area contributed by atoms with E-state index in [1.54, 1.807) is 12.1 Å². The molecule has 0 aliphatic heterocycles. The topological polar surface area (TPSA) is 104 Å². The van der Waals surface area contributed by atoms with E-state index in [0.29, 0.717) is 28.2 Å². The zero-order valence-corrected chi connectivity index (χ0v) is 14.2. The van der Waals surface area contributed by atoms with Crippen molar-refractivity contribution in [1.29, 1.82) is 0 Å².